The first-order valence-corrected chi connectivity index (χ1v) is 6.41. The van der Waals surface area contributed by atoms with E-state index in [0.29, 0.717) is 0 Å². The number of methoxy groups -OCH3 is 1. The van der Waals surface area contributed by atoms with Gasteiger partial charge < -0.3 is 14.6 Å². The number of morpholine rings is 1. The minimum Gasteiger partial charge on any atom is -0.497 e. The highest BCUT2D eigenvalue weighted by atomic mass is 16.5. The van der Waals surface area contributed by atoms with Crippen molar-refractivity contribution in [3.63, 3.8) is 0 Å². The van der Waals surface area contributed by atoms with Gasteiger partial charge in [0.2, 0.25) is 0 Å². The summed E-state index contributed by atoms with van der Waals surface area (Å²) in [4.78, 5) is 11.2. The molecule has 5 nitrogen and oxygen atoms in total. The summed E-state index contributed by atoms with van der Waals surface area (Å²) in [5, 5.41) is 12.3. The number of benzene rings is 1. The first-order chi connectivity index (χ1) is 9.10. The Hall–Kier alpha value is -1.59. The van der Waals surface area contributed by atoms with E-state index in [1.165, 1.54) is 5.56 Å². The molecule has 0 saturated carbocycles. The van der Waals surface area contributed by atoms with Crippen molar-refractivity contribution in [1.82, 2.24) is 5.32 Å². The summed E-state index contributed by atoms with van der Waals surface area (Å²) in [7, 11) is 1.64. The summed E-state index contributed by atoms with van der Waals surface area (Å²) in [5.41, 5.74) is 2.30. The van der Waals surface area contributed by atoms with Crippen LogP contribution in [0.5, 0.6) is 5.75 Å². The standard InChI is InChI=1S/C14H17NO4/c1-7-12(14(16)17)15-11-5-8-3-4-9(18-2)6-10(8)13(11)19-7/h3-4,6-7,11-13,15H,5H2,1-2H3,(H,16,17). The normalized spacial score (nSPS) is 32.5. The summed E-state index contributed by atoms with van der Waals surface area (Å²) < 4.78 is 11.1. The lowest BCUT2D eigenvalue weighted by atomic mass is 10.0. The Morgan fingerprint density at radius 2 is 2.32 bits per heavy atom. The molecule has 4 atom stereocenters. The minimum absolute atomic E-state index is 0.0272. The summed E-state index contributed by atoms with van der Waals surface area (Å²) in [6, 6.07) is 5.32. The number of carboxylic acid groups (broad SMARTS) is 1. The van der Waals surface area contributed by atoms with Crippen LogP contribution in [0.4, 0.5) is 0 Å². The Balaban J connectivity index is 1.89. The Bertz CT molecular complexity index is 516. The van der Waals surface area contributed by atoms with Crippen LogP contribution in [0.3, 0.4) is 0 Å². The summed E-state index contributed by atoms with van der Waals surface area (Å²) in [6.07, 6.45) is 0.354. The lowest BCUT2D eigenvalue weighted by Crippen LogP contribution is -2.56. The number of carbonyl (C=O) groups is 1. The van der Waals surface area contributed by atoms with Gasteiger partial charge in [-0.1, -0.05) is 6.07 Å². The van der Waals surface area contributed by atoms with Crippen molar-refractivity contribution in [1.29, 1.82) is 0 Å². The number of nitrogens with one attached hydrogen (secondary N) is 1. The first kappa shape index (κ1) is 12.4. The monoisotopic (exact) mass is 263 g/mol. The van der Waals surface area contributed by atoms with Crippen LogP contribution >= 0.6 is 0 Å². The third-order valence-corrected chi connectivity index (χ3v) is 3.96. The molecule has 1 aromatic rings. The van der Waals surface area contributed by atoms with Crippen LogP contribution in [-0.2, 0) is 16.0 Å². The molecule has 1 heterocycles. The van der Waals surface area contributed by atoms with Crippen LogP contribution in [0.1, 0.15) is 24.2 Å². The molecule has 5 heteroatoms. The van der Waals surface area contributed by atoms with Gasteiger partial charge >= 0.3 is 5.97 Å². The largest absolute Gasteiger partial charge is 0.497 e. The lowest BCUT2D eigenvalue weighted by Gasteiger charge is -2.36. The van der Waals surface area contributed by atoms with Crippen molar-refractivity contribution in [3.8, 4) is 5.75 Å². The third kappa shape index (κ3) is 1.99. The van der Waals surface area contributed by atoms with E-state index in [2.05, 4.69) is 5.32 Å². The molecule has 0 radical (unpaired) electrons. The molecule has 1 aliphatic heterocycles. The van der Waals surface area contributed by atoms with E-state index in [-0.39, 0.29) is 18.2 Å². The zero-order valence-corrected chi connectivity index (χ0v) is 10.9. The maximum Gasteiger partial charge on any atom is 0.323 e. The molecule has 0 bridgehead atoms. The van der Waals surface area contributed by atoms with Gasteiger partial charge in [0, 0.05) is 6.04 Å². The van der Waals surface area contributed by atoms with Crippen molar-refractivity contribution in [2.45, 2.75) is 37.6 Å². The van der Waals surface area contributed by atoms with Crippen molar-refractivity contribution < 1.29 is 19.4 Å². The number of rotatable bonds is 2. The predicted molar refractivity (Wildman–Crippen MR) is 68.3 cm³/mol. The van der Waals surface area contributed by atoms with E-state index in [0.717, 1.165) is 17.7 Å². The molecule has 102 valence electrons. The van der Waals surface area contributed by atoms with Gasteiger partial charge in [0.05, 0.1) is 19.3 Å². The van der Waals surface area contributed by atoms with E-state index in [1.54, 1.807) is 14.0 Å². The second-order valence-corrected chi connectivity index (χ2v) is 5.12. The average Bonchev–Trinajstić information content (AvgIpc) is 2.74. The molecule has 0 amide bonds. The second-order valence-electron chi connectivity index (χ2n) is 5.12. The highest BCUT2D eigenvalue weighted by molar-refractivity contribution is 5.74. The van der Waals surface area contributed by atoms with Gasteiger partial charge in [0.15, 0.2) is 0 Å². The van der Waals surface area contributed by atoms with Gasteiger partial charge in [-0.3, -0.25) is 10.1 Å². The maximum absolute atomic E-state index is 11.2. The molecule has 1 aliphatic carbocycles. The number of aliphatic carboxylic acids is 1. The molecule has 1 saturated heterocycles. The zero-order valence-electron chi connectivity index (χ0n) is 10.9. The quantitative estimate of drug-likeness (QED) is 0.837. The molecule has 1 fully saturated rings. The molecule has 0 spiro atoms. The molecule has 0 aromatic heterocycles. The molecule has 2 aliphatic rings. The van der Waals surface area contributed by atoms with Gasteiger partial charge in [-0.25, -0.2) is 0 Å². The zero-order chi connectivity index (χ0) is 13.6. The predicted octanol–water partition coefficient (Wildman–Crippen LogP) is 1.12. The highest BCUT2D eigenvalue weighted by Gasteiger charge is 2.43. The SMILES string of the molecule is COc1ccc2c(c1)C1OC(C)C(C(=O)O)NC1C2. The number of ether oxygens (including phenoxy) is 2. The van der Waals surface area contributed by atoms with E-state index < -0.39 is 12.0 Å². The number of carboxylic acids is 1. The fourth-order valence-corrected chi connectivity index (χ4v) is 2.97. The Morgan fingerprint density at radius 1 is 1.53 bits per heavy atom. The Labute approximate surface area is 111 Å². The fourth-order valence-electron chi connectivity index (χ4n) is 2.97. The lowest BCUT2D eigenvalue weighted by molar-refractivity contribution is -0.152. The van der Waals surface area contributed by atoms with E-state index in [1.807, 2.05) is 18.2 Å². The minimum atomic E-state index is -0.862. The molecule has 2 N–H and O–H groups in total. The number of hydrogen-bond acceptors (Lipinski definition) is 4. The van der Waals surface area contributed by atoms with Crippen LogP contribution in [0.15, 0.2) is 18.2 Å². The van der Waals surface area contributed by atoms with Gasteiger partial charge in [-0.15, -0.1) is 0 Å². The number of fused-ring (bicyclic) bond motifs is 3. The molecular formula is C14H17NO4. The molecular weight excluding hydrogens is 246 g/mol. The van der Waals surface area contributed by atoms with E-state index in [4.69, 9.17) is 14.6 Å². The van der Waals surface area contributed by atoms with E-state index >= 15 is 0 Å². The number of hydrogen-bond donors (Lipinski definition) is 2. The highest BCUT2D eigenvalue weighted by Crippen LogP contribution is 2.39. The van der Waals surface area contributed by atoms with E-state index in [9.17, 15) is 4.79 Å². The topological polar surface area (TPSA) is 67.8 Å². The molecule has 1 aromatic carbocycles. The molecule has 3 rings (SSSR count). The van der Waals surface area contributed by atoms with Crippen LogP contribution in [0.2, 0.25) is 0 Å². The van der Waals surface area contributed by atoms with Gasteiger partial charge in [0.1, 0.15) is 11.8 Å². The molecule has 19 heavy (non-hydrogen) atoms. The van der Waals surface area contributed by atoms with Crippen molar-refractivity contribution in [3.05, 3.63) is 29.3 Å². The second kappa shape index (κ2) is 4.51. The van der Waals surface area contributed by atoms with Gasteiger partial charge in [-0.2, -0.15) is 0 Å². The molecule has 4 unspecified atom stereocenters. The Kier molecular flexibility index (Phi) is 2.95. The van der Waals surface area contributed by atoms with Crippen molar-refractivity contribution in [2.24, 2.45) is 0 Å². The van der Waals surface area contributed by atoms with Crippen LogP contribution in [0, 0.1) is 0 Å². The Morgan fingerprint density at radius 3 is 3.00 bits per heavy atom. The van der Waals surface area contributed by atoms with Crippen LogP contribution < -0.4 is 10.1 Å². The average molecular weight is 263 g/mol. The summed E-state index contributed by atoms with van der Waals surface area (Å²) in [5.74, 6) is -0.0597. The van der Waals surface area contributed by atoms with Gasteiger partial charge in [-0.05, 0) is 36.6 Å². The maximum atomic E-state index is 11.2. The van der Waals surface area contributed by atoms with Crippen LogP contribution in [-0.4, -0.2) is 36.4 Å². The van der Waals surface area contributed by atoms with Crippen molar-refractivity contribution >= 4 is 5.97 Å². The smallest absolute Gasteiger partial charge is 0.323 e. The van der Waals surface area contributed by atoms with Crippen LogP contribution in [0.25, 0.3) is 0 Å². The first-order valence-electron chi connectivity index (χ1n) is 6.41. The summed E-state index contributed by atoms with van der Waals surface area (Å²) in [6.45, 7) is 1.79. The fraction of sp³-hybridized carbons (Fsp3) is 0.500. The third-order valence-electron chi connectivity index (χ3n) is 3.96. The van der Waals surface area contributed by atoms with Crippen molar-refractivity contribution in [2.75, 3.05) is 7.11 Å². The van der Waals surface area contributed by atoms with Gasteiger partial charge in [0.25, 0.3) is 0 Å². The summed E-state index contributed by atoms with van der Waals surface area (Å²) >= 11 is 0.